The summed E-state index contributed by atoms with van der Waals surface area (Å²) in [5.74, 6) is 0.348. The van der Waals surface area contributed by atoms with Crippen molar-refractivity contribution in [2.45, 2.75) is 30.8 Å². The number of benzene rings is 3. The number of aliphatic imine (C=N–C) groups is 1. The normalized spacial score (nSPS) is 19.1. The summed E-state index contributed by atoms with van der Waals surface area (Å²) >= 11 is 19.0. The van der Waals surface area contributed by atoms with Crippen molar-refractivity contribution in [2.24, 2.45) is 4.99 Å². The molecule has 2 atom stereocenters. The predicted molar refractivity (Wildman–Crippen MR) is 184 cm³/mol. The molecule has 16 heteroatoms. The van der Waals surface area contributed by atoms with Gasteiger partial charge in [0, 0.05) is 42.3 Å². The third-order valence-corrected chi connectivity index (χ3v) is 12.4. The van der Waals surface area contributed by atoms with Crippen molar-refractivity contribution in [3.8, 4) is 5.75 Å². The second kappa shape index (κ2) is 14.3. The molecule has 3 aromatic rings. The maximum atomic E-state index is 14.7. The van der Waals surface area contributed by atoms with Crippen molar-refractivity contribution in [1.82, 2.24) is 18.8 Å². The molecule has 47 heavy (non-hydrogen) atoms. The Hall–Kier alpha value is -2.91. The largest absolute Gasteiger partial charge is 0.493 e. The van der Waals surface area contributed by atoms with Crippen molar-refractivity contribution in [2.75, 3.05) is 45.6 Å². The Morgan fingerprint density at radius 3 is 2.00 bits per heavy atom. The molecule has 3 aromatic carbocycles. The van der Waals surface area contributed by atoms with Gasteiger partial charge in [-0.25, -0.2) is 26.4 Å². The van der Waals surface area contributed by atoms with Gasteiger partial charge in [0.15, 0.2) is 0 Å². The molecule has 1 fully saturated rings. The van der Waals surface area contributed by atoms with Gasteiger partial charge in [0.05, 0.1) is 29.0 Å². The molecule has 0 aliphatic carbocycles. The number of carbonyl (C=O) groups is 1. The molecule has 0 aromatic heterocycles. The van der Waals surface area contributed by atoms with Crippen molar-refractivity contribution in [3.05, 3.63) is 92.4 Å². The third kappa shape index (κ3) is 7.26. The first-order chi connectivity index (χ1) is 22.3. The fourth-order valence-electron chi connectivity index (χ4n) is 5.65. The first-order valence-corrected chi connectivity index (χ1v) is 19.1. The molecular weight excluding hydrogens is 709 g/mol. The van der Waals surface area contributed by atoms with Gasteiger partial charge >= 0.3 is 6.03 Å². The molecule has 2 heterocycles. The summed E-state index contributed by atoms with van der Waals surface area (Å²) < 4.78 is 60.9. The number of nitrogens with one attached hydrogen (secondary N) is 1. The van der Waals surface area contributed by atoms with E-state index in [1.54, 1.807) is 43.0 Å². The minimum absolute atomic E-state index is 0.0417. The summed E-state index contributed by atoms with van der Waals surface area (Å²) in [6.45, 7) is 4.11. The van der Waals surface area contributed by atoms with E-state index in [9.17, 15) is 21.6 Å². The number of nitrogens with zero attached hydrogens (tertiary/aromatic N) is 4. The lowest BCUT2D eigenvalue weighted by molar-refractivity contribution is 0.143. The van der Waals surface area contributed by atoms with Crippen LogP contribution in [0.5, 0.6) is 5.75 Å². The predicted octanol–water partition coefficient (Wildman–Crippen LogP) is 5.59. The monoisotopic (exact) mass is 741 g/mol. The molecule has 1 N–H and O–H groups in total. The highest BCUT2D eigenvalue weighted by Gasteiger charge is 2.45. The third-order valence-electron chi connectivity index (χ3n) is 8.10. The lowest BCUT2D eigenvalue weighted by Crippen LogP contribution is -2.55. The quantitative estimate of drug-likeness (QED) is 0.305. The number of hydrogen-bond acceptors (Lipinski definition) is 7. The molecule has 2 aliphatic rings. The first kappa shape index (κ1) is 35.4. The Morgan fingerprint density at radius 2 is 1.47 bits per heavy atom. The summed E-state index contributed by atoms with van der Waals surface area (Å²) in [6.07, 6.45) is 0. The number of amides is 2. The van der Waals surface area contributed by atoms with Crippen LogP contribution in [0.4, 0.5) is 4.79 Å². The van der Waals surface area contributed by atoms with Gasteiger partial charge in [-0.1, -0.05) is 59.1 Å². The fraction of sp³-hybridized carbons (Fsp3) is 0.355. The van der Waals surface area contributed by atoms with Crippen LogP contribution in [0.25, 0.3) is 0 Å². The molecule has 0 spiro atoms. The van der Waals surface area contributed by atoms with E-state index in [1.165, 1.54) is 28.4 Å². The van der Waals surface area contributed by atoms with Gasteiger partial charge in [0.2, 0.25) is 20.0 Å². The molecule has 0 saturated carbocycles. The molecule has 11 nitrogen and oxygen atoms in total. The van der Waals surface area contributed by atoms with Crippen LogP contribution in [-0.4, -0.2) is 88.4 Å². The molecule has 1 saturated heterocycles. The Balaban J connectivity index is 1.71. The fourth-order valence-corrected chi connectivity index (χ4v) is 8.25. The summed E-state index contributed by atoms with van der Waals surface area (Å²) in [5.41, 5.74) is 1.70. The molecule has 0 radical (unpaired) electrons. The van der Waals surface area contributed by atoms with Gasteiger partial charge in [-0.3, -0.25) is 9.89 Å². The summed E-state index contributed by atoms with van der Waals surface area (Å²) in [7, 11) is -6.20. The zero-order chi connectivity index (χ0) is 34.1. The Labute approximate surface area is 290 Å². The smallest absolute Gasteiger partial charge is 0.326 e. The average molecular weight is 743 g/mol. The first-order valence-electron chi connectivity index (χ1n) is 14.9. The second-order valence-electron chi connectivity index (χ2n) is 10.8. The van der Waals surface area contributed by atoms with Gasteiger partial charge in [-0.15, -0.1) is 0 Å². The maximum absolute atomic E-state index is 14.7. The summed E-state index contributed by atoms with van der Waals surface area (Å²) in [5, 5.41) is 0.949. The van der Waals surface area contributed by atoms with Crippen LogP contribution >= 0.6 is 34.8 Å². The Bertz CT molecular complexity index is 1880. The topological polar surface area (TPSA) is 129 Å². The van der Waals surface area contributed by atoms with Gasteiger partial charge < -0.3 is 9.64 Å². The molecule has 252 valence electrons. The van der Waals surface area contributed by atoms with Crippen molar-refractivity contribution >= 4 is 66.7 Å². The van der Waals surface area contributed by atoms with Crippen LogP contribution in [-0.2, 0) is 20.0 Å². The molecule has 0 bridgehead atoms. The molecule has 2 aliphatic heterocycles. The second-order valence-corrected chi connectivity index (χ2v) is 16.2. The number of rotatable bonds is 9. The van der Waals surface area contributed by atoms with E-state index in [0.717, 1.165) is 5.56 Å². The number of piperazine rings is 1. The highest BCUT2D eigenvalue weighted by Crippen LogP contribution is 2.46. The highest BCUT2D eigenvalue weighted by atomic mass is 35.5. The van der Waals surface area contributed by atoms with Gasteiger partial charge in [0.25, 0.3) is 0 Å². The SMILES string of the molecule is CCOc1cc(Cl)c(S(=O)(=O)NC)cc1C1=N[C@@H](c2ccc(Cl)cc2)[C@@H](c2ccc(Cl)cc2)N1C(=O)N1CCN(S(=O)(=O)CC)CC1. The maximum Gasteiger partial charge on any atom is 0.326 e. The number of amidine groups is 1. The van der Waals surface area contributed by atoms with Crippen LogP contribution in [0, 0.1) is 0 Å². The van der Waals surface area contributed by atoms with E-state index < -0.39 is 38.2 Å². The van der Waals surface area contributed by atoms with Gasteiger partial charge in [0.1, 0.15) is 22.5 Å². The van der Waals surface area contributed by atoms with Crippen molar-refractivity contribution in [3.63, 3.8) is 0 Å². The Morgan fingerprint density at radius 1 is 0.894 bits per heavy atom. The molecule has 5 rings (SSSR count). The number of sulfonamides is 2. The van der Waals surface area contributed by atoms with Crippen molar-refractivity contribution in [1.29, 1.82) is 0 Å². The van der Waals surface area contributed by atoms with E-state index >= 15 is 0 Å². The average Bonchev–Trinajstić information content (AvgIpc) is 3.45. The van der Waals surface area contributed by atoms with Crippen LogP contribution in [0.2, 0.25) is 15.1 Å². The van der Waals surface area contributed by atoms with E-state index in [2.05, 4.69) is 4.72 Å². The van der Waals surface area contributed by atoms with Crippen molar-refractivity contribution < 1.29 is 26.4 Å². The van der Waals surface area contributed by atoms with Crippen LogP contribution in [0.3, 0.4) is 0 Å². The lowest BCUT2D eigenvalue weighted by Gasteiger charge is -2.38. The number of halogens is 3. The standard InChI is InChI=1S/C31H34Cl3N5O6S2/c1-4-45-26-19-25(34)27(47(43,44)35-3)18-24(26)30-36-28(20-6-10-22(32)11-7-20)29(21-8-12-23(33)13-9-21)39(30)31(40)37-14-16-38(17-15-37)46(41,42)5-2/h6-13,18-19,28-29,35H,4-5,14-17H2,1-3H3/t28-,29+/m0/s1. The number of ether oxygens (including phenoxy) is 1. The summed E-state index contributed by atoms with van der Waals surface area (Å²) in [4.78, 5) is 22.7. The zero-order valence-electron chi connectivity index (χ0n) is 25.9. The van der Waals surface area contributed by atoms with E-state index in [0.29, 0.717) is 15.6 Å². The molecule has 0 unspecified atom stereocenters. The number of urea groups is 1. The van der Waals surface area contributed by atoms with Gasteiger partial charge in [-0.2, -0.15) is 4.31 Å². The van der Waals surface area contributed by atoms with E-state index in [1.807, 2.05) is 24.3 Å². The summed E-state index contributed by atoms with van der Waals surface area (Å²) in [6, 6.07) is 15.1. The number of carbonyl (C=O) groups excluding carboxylic acids is 1. The van der Waals surface area contributed by atoms with E-state index in [4.69, 9.17) is 44.5 Å². The molecular formula is C31H34Cl3N5O6S2. The minimum Gasteiger partial charge on any atom is -0.493 e. The van der Waals surface area contributed by atoms with Crippen LogP contribution in [0.15, 0.2) is 70.6 Å². The van der Waals surface area contributed by atoms with E-state index in [-0.39, 0.29) is 65.6 Å². The minimum atomic E-state index is -4.03. The van der Waals surface area contributed by atoms with Crippen LogP contribution < -0.4 is 9.46 Å². The number of hydrogen-bond donors (Lipinski definition) is 1. The van der Waals surface area contributed by atoms with Gasteiger partial charge in [-0.05, 0) is 62.4 Å². The van der Waals surface area contributed by atoms with Crippen LogP contribution in [0.1, 0.15) is 42.6 Å². The molecule has 2 amide bonds. The lowest BCUT2D eigenvalue weighted by atomic mass is 9.93. The highest BCUT2D eigenvalue weighted by molar-refractivity contribution is 7.89. The zero-order valence-corrected chi connectivity index (χ0v) is 29.8. The Kier molecular flexibility index (Phi) is 10.8.